The number of fused-ring (bicyclic) bond motifs is 1. The molecule has 1 aromatic heterocycles. The fourth-order valence-electron chi connectivity index (χ4n) is 2.75. The molecule has 0 saturated carbocycles. The van der Waals surface area contributed by atoms with Gasteiger partial charge in [0, 0.05) is 22.3 Å². The average Bonchev–Trinajstić information content (AvgIpc) is 3.04. The number of aryl methyl sites for hydroxylation is 1. The first-order chi connectivity index (χ1) is 13.1. The lowest BCUT2D eigenvalue weighted by molar-refractivity contribution is -0.123. The number of halogens is 1. The molecule has 0 aliphatic heterocycles. The van der Waals surface area contributed by atoms with Crippen LogP contribution in [-0.4, -0.2) is 29.3 Å². The van der Waals surface area contributed by atoms with E-state index < -0.39 is 0 Å². The number of aromatic amines is 1. The van der Waals surface area contributed by atoms with Gasteiger partial charge in [0.15, 0.2) is 12.4 Å². The van der Waals surface area contributed by atoms with Gasteiger partial charge in [0.1, 0.15) is 17.4 Å². The largest absolute Gasteiger partial charge is 0.483 e. The van der Waals surface area contributed by atoms with Gasteiger partial charge in [-0.25, -0.2) is 0 Å². The summed E-state index contributed by atoms with van der Waals surface area (Å²) in [5, 5.41) is 20.7. The molecule has 0 atom stereocenters. The molecule has 0 bridgehead atoms. The number of anilines is 1. The van der Waals surface area contributed by atoms with Crippen LogP contribution in [0.15, 0.2) is 36.4 Å². The minimum atomic E-state index is -0.223. The Bertz CT molecular complexity index is 1010. The molecule has 0 fully saturated rings. The van der Waals surface area contributed by atoms with Gasteiger partial charge in [0.05, 0.1) is 5.69 Å². The highest BCUT2D eigenvalue weighted by atomic mass is 35.5. The molecule has 7 nitrogen and oxygen atoms in total. The Labute approximate surface area is 161 Å². The molecule has 138 valence electrons. The maximum absolute atomic E-state index is 12.0. The molecule has 0 aliphatic carbocycles. The summed E-state index contributed by atoms with van der Waals surface area (Å²) < 4.78 is 5.64. The minimum Gasteiger partial charge on any atom is -0.483 e. The van der Waals surface area contributed by atoms with Gasteiger partial charge in [-0.3, -0.25) is 9.89 Å². The maximum atomic E-state index is 12.0. The summed E-state index contributed by atoms with van der Waals surface area (Å²) in [6.07, 6.45) is 1.21. The summed E-state index contributed by atoms with van der Waals surface area (Å²) in [5.74, 6) is 0.579. The summed E-state index contributed by atoms with van der Waals surface area (Å²) >= 11 is 6.18. The summed E-state index contributed by atoms with van der Waals surface area (Å²) in [6, 6.07) is 13.1. The first kappa shape index (κ1) is 18.5. The lowest BCUT2D eigenvalue weighted by Crippen LogP contribution is -2.30. The van der Waals surface area contributed by atoms with Gasteiger partial charge >= 0.3 is 0 Å². The summed E-state index contributed by atoms with van der Waals surface area (Å²) in [7, 11) is 0. The van der Waals surface area contributed by atoms with Crippen molar-refractivity contribution in [2.24, 2.45) is 0 Å². The Morgan fingerprint density at radius 1 is 1.30 bits per heavy atom. The highest BCUT2D eigenvalue weighted by Crippen LogP contribution is 2.31. The van der Waals surface area contributed by atoms with Crippen LogP contribution in [0, 0.1) is 11.3 Å². The quantitative estimate of drug-likeness (QED) is 0.542. The highest BCUT2D eigenvalue weighted by Gasteiger charge is 2.10. The molecule has 0 spiro atoms. The number of hydrogen-bond donors (Lipinski definition) is 3. The smallest absolute Gasteiger partial charge is 0.257 e. The highest BCUT2D eigenvalue weighted by molar-refractivity contribution is 6.35. The van der Waals surface area contributed by atoms with Crippen molar-refractivity contribution in [1.82, 2.24) is 15.5 Å². The van der Waals surface area contributed by atoms with Crippen molar-refractivity contribution >= 4 is 34.1 Å². The first-order valence-corrected chi connectivity index (χ1v) is 8.77. The Balaban J connectivity index is 1.48. The van der Waals surface area contributed by atoms with Crippen LogP contribution in [0.2, 0.25) is 5.02 Å². The average molecular weight is 384 g/mol. The third kappa shape index (κ3) is 4.30. The number of amides is 1. The summed E-state index contributed by atoms with van der Waals surface area (Å²) in [6.45, 7) is 0.361. The van der Waals surface area contributed by atoms with Gasteiger partial charge in [0.2, 0.25) is 0 Å². The SMILES string of the molecule is N#Cc1c(N)n[nH]c1CCCNC(=O)COc1ccc(Cl)c2ccccc12. The number of nitrogens with one attached hydrogen (secondary N) is 2. The van der Waals surface area contributed by atoms with E-state index in [4.69, 9.17) is 27.3 Å². The van der Waals surface area contributed by atoms with Crippen LogP contribution < -0.4 is 15.8 Å². The number of aromatic nitrogens is 2. The number of hydrogen-bond acceptors (Lipinski definition) is 5. The number of benzene rings is 2. The van der Waals surface area contributed by atoms with Crippen molar-refractivity contribution in [3.8, 4) is 11.8 Å². The Morgan fingerprint density at radius 3 is 2.85 bits per heavy atom. The standard InChI is InChI=1S/C19H18ClN5O2/c20-15-7-8-17(13-5-2-1-4-12(13)15)27-11-18(26)23-9-3-6-16-14(10-21)19(22)25-24-16/h1-2,4-5,7-8H,3,6,9,11H2,(H,23,26)(H3,22,24,25). The molecular formula is C19H18ClN5O2. The van der Waals surface area contributed by atoms with E-state index in [2.05, 4.69) is 15.5 Å². The fraction of sp³-hybridized carbons (Fsp3) is 0.211. The second-order valence-corrected chi connectivity index (χ2v) is 6.31. The summed E-state index contributed by atoms with van der Waals surface area (Å²) in [4.78, 5) is 12.0. The fourth-order valence-corrected chi connectivity index (χ4v) is 2.98. The number of H-pyrrole nitrogens is 1. The van der Waals surface area contributed by atoms with Crippen molar-refractivity contribution in [1.29, 1.82) is 5.26 Å². The van der Waals surface area contributed by atoms with Gasteiger partial charge < -0.3 is 15.8 Å². The van der Waals surface area contributed by atoms with Gasteiger partial charge in [0.25, 0.3) is 5.91 Å². The Morgan fingerprint density at radius 2 is 2.07 bits per heavy atom. The monoisotopic (exact) mass is 383 g/mol. The van der Waals surface area contributed by atoms with Crippen molar-refractivity contribution in [2.45, 2.75) is 12.8 Å². The molecule has 8 heteroatoms. The Kier molecular flexibility index (Phi) is 5.79. The molecule has 3 rings (SSSR count). The van der Waals surface area contributed by atoms with Gasteiger partial charge in [-0.15, -0.1) is 0 Å². The zero-order valence-corrected chi connectivity index (χ0v) is 15.2. The second kappa shape index (κ2) is 8.43. The lowest BCUT2D eigenvalue weighted by Gasteiger charge is -2.10. The number of rotatable bonds is 7. The van der Waals surface area contributed by atoms with Crippen LogP contribution in [0.3, 0.4) is 0 Å². The van der Waals surface area contributed by atoms with Gasteiger partial charge in [-0.2, -0.15) is 10.4 Å². The molecule has 1 amide bonds. The normalized spacial score (nSPS) is 10.5. The number of carbonyl (C=O) groups excluding carboxylic acids is 1. The van der Waals surface area contributed by atoms with Crippen LogP contribution in [-0.2, 0) is 11.2 Å². The number of nitrogens with two attached hydrogens (primary N) is 1. The predicted octanol–water partition coefficient (Wildman–Crippen LogP) is 2.80. The third-order valence-electron chi connectivity index (χ3n) is 4.10. The van der Waals surface area contributed by atoms with Crippen LogP contribution >= 0.6 is 11.6 Å². The van der Waals surface area contributed by atoms with Gasteiger partial charge in [-0.05, 0) is 25.0 Å². The number of nitrogen functional groups attached to an aromatic ring is 1. The number of ether oxygens (including phenoxy) is 1. The third-order valence-corrected chi connectivity index (χ3v) is 4.43. The molecule has 3 aromatic rings. The van der Waals surface area contributed by atoms with E-state index in [0.717, 1.165) is 10.8 Å². The van der Waals surface area contributed by atoms with E-state index in [9.17, 15) is 4.79 Å². The molecular weight excluding hydrogens is 366 g/mol. The molecule has 0 saturated heterocycles. The molecule has 4 N–H and O–H groups in total. The van der Waals surface area contributed by atoms with Crippen molar-refractivity contribution in [2.75, 3.05) is 18.9 Å². The molecule has 0 radical (unpaired) electrons. The van der Waals surface area contributed by atoms with Crippen LogP contribution in [0.1, 0.15) is 17.7 Å². The number of carbonyl (C=O) groups is 1. The minimum absolute atomic E-state index is 0.0912. The second-order valence-electron chi connectivity index (χ2n) is 5.91. The van der Waals surface area contributed by atoms with Crippen molar-refractivity contribution < 1.29 is 9.53 Å². The van der Waals surface area contributed by atoms with Crippen LogP contribution in [0.25, 0.3) is 10.8 Å². The van der Waals surface area contributed by atoms with E-state index in [1.54, 1.807) is 12.1 Å². The van der Waals surface area contributed by atoms with Crippen molar-refractivity contribution in [3.05, 3.63) is 52.7 Å². The van der Waals surface area contributed by atoms with Crippen molar-refractivity contribution in [3.63, 3.8) is 0 Å². The zero-order valence-electron chi connectivity index (χ0n) is 14.5. The van der Waals surface area contributed by atoms with E-state index in [1.807, 2.05) is 30.3 Å². The van der Waals surface area contributed by atoms with E-state index >= 15 is 0 Å². The Hall–Kier alpha value is -3.24. The van der Waals surface area contributed by atoms with E-state index in [1.165, 1.54) is 0 Å². The summed E-state index contributed by atoms with van der Waals surface area (Å²) in [5.41, 5.74) is 6.62. The molecule has 0 aliphatic rings. The van der Waals surface area contributed by atoms with E-state index in [0.29, 0.717) is 41.4 Å². The molecule has 2 aromatic carbocycles. The topological polar surface area (TPSA) is 117 Å². The molecule has 27 heavy (non-hydrogen) atoms. The van der Waals surface area contributed by atoms with Gasteiger partial charge in [-0.1, -0.05) is 35.9 Å². The predicted molar refractivity (Wildman–Crippen MR) is 103 cm³/mol. The molecule has 0 unspecified atom stereocenters. The molecule has 1 heterocycles. The van der Waals surface area contributed by atoms with Crippen LogP contribution in [0.5, 0.6) is 5.75 Å². The van der Waals surface area contributed by atoms with E-state index in [-0.39, 0.29) is 18.3 Å². The zero-order chi connectivity index (χ0) is 19.2. The number of nitrogens with zero attached hydrogens (tertiary/aromatic N) is 2. The maximum Gasteiger partial charge on any atom is 0.257 e. The lowest BCUT2D eigenvalue weighted by atomic mass is 10.1. The van der Waals surface area contributed by atoms with Crippen LogP contribution in [0.4, 0.5) is 5.82 Å². The first-order valence-electron chi connectivity index (χ1n) is 8.39. The number of nitriles is 1.